The van der Waals surface area contributed by atoms with Crippen LogP contribution in [0.4, 0.5) is 0 Å². The molecule has 0 atom stereocenters. The molecule has 152 valence electrons. The van der Waals surface area contributed by atoms with E-state index in [4.69, 9.17) is 14.2 Å². The summed E-state index contributed by atoms with van der Waals surface area (Å²) in [5.41, 5.74) is 3.82. The number of methoxy groups -OCH3 is 3. The minimum atomic E-state index is -0.131. The molecule has 0 aliphatic rings. The van der Waals surface area contributed by atoms with Gasteiger partial charge in [-0.3, -0.25) is 4.79 Å². The standard InChI is InChI=1S/C23H19NO4S2/c1-26-19-11-16(12-20(27-2)22(19)28-3)21(25)18-10-14(23-24-7-9-30-23)4-5-17(18)15-6-8-29-13-15/h4-13H,1-3H3. The molecule has 0 spiro atoms. The lowest BCUT2D eigenvalue weighted by Crippen LogP contribution is -2.06. The fourth-order valence-electron chi connectivity index (χ4n) is 3.27. The highest BCUT2D eigenvalue weighted by Crippen LogP contribution is 2.40. The first-order valence-corrected chi connectivity index (χ1v) is 10.9. The zero-order valence-corrected chi connectivity index (χ0v) is 18.3. The summed E-state index contributed by atoms with van der Waals surface area (Å²) in [6, 6.07) is 11.2. The molecule has 0 aliphatic carbocycles. The lowest BCUT2D eigenvalue weighted by Gasteiger charge is -2.15. The molecule has 0 radical (unpaired) electrons. The number of rotatable bonds is 7. The van der Waals surface area contributed by atoms with Gasteiger partial charge < -0.3 is 14.2 Å². The van der Waals surface area contributed by atoms with Crippen molar-refractivity contribution < 1.29 is 19.0 Å². The van der Waals surface area contributed by atoms with Crippen LogP contribution in [0.3, 0.4) is 0 Å². The van der Waals surface area contributed by atoms with E-state index in [-0.39, 0.29) is 5.78 Å². The molecule has 2 heterocycles. The first-order chi connectivity index (χ1) is 14.7. The van der Waals surface area contributed by atoms with Crippen molar-refractivity contribution in [3.8, 4) is 38.9 Å². The van der Waals surface area contributed by atoms with Crippen molar-refractivity contribution >= 4 is 28.5 Å². The van der Waals surface area contributed by atoms with Gasteiger partial charge in [-0.1, -0.05) is 12.1 Å². The zero-order valence-electron chi connectivity index (χ0n) is 16.7. The smallest absolute Gasteiger partial charge is 0.203 e. The van der Waals surface area contributed by atoms with Crippen LogP contribution in [-0.2, 0) is 0 Å². The minimum absolute atomic E-state index is 0.131. The number of aromatic nitrogens is 1. The molecule has 0 saturated carbocycles. The number of ketones is 1. The van der Waals surface area contributed by atoms with Crippen LogP contribution >= 0.6 is 22.7 Å². The quantitative estimate of drug-likeness (QED) is 0.342. The molecule has 0 unspecified atom stereocenters. The Balaban J connectivity index is 1.88. The number of ether oxygens (including phenoxy) is 3. The van der Waals surface area contributed by atoms with Crippen molar-refractivity contribution in [2.45, 2.75) is 0 Å². The van der Waals surface area contributed by atoms with Gasteiger partial charge >= 0.3 is 0 Å². The normalized spacial score (nSPS) is 10.6. The largest absolute Gasteiger partial charge is 0.493 e. The molecule has 0 amide bonds. The molecule has 0 aliphatic heterocycles. The van der Waals surface area contributed by atoms with Gasteiger partial charge in [0.2, 0.25) is 5.75 Å². The van der Waals surface area contributed by atoms with Crippen LogP contribution in [0.25, 0.3) is 21.7 Å². The maximum atomic E-state index is 13.7. The highest BCUT2D eigenvalue weighted by molar-refractivity contribution is 7.13. The fourth-order valence-corrected chi connectivity index (χ4v) is 4.56. The van der Waals surface area contributed by atoms with Gasteiger partial charge in [-0.25, -0.2) is 4.98 Å². The van der Waals surface area contributed by atoms with E-state index in [1.54, 1.807) is 29.7 Å². The van der Waals surface area contributed by atoms with Gasteiger partial charge in [0.05, 0.1) is 21.3 Å². The van der Waals surface area contributed by atoms with Gasteiger partial charge in [-0.05, 0) is 46.2 Å². The Kier molecular flexibility index (Phi) is 5.83. The minimum Gasteiger partial charge on any atom is -0.493 e. The number of benzene rings is 2. The Morgan fingerprint density at radius 1 is 0.900 bits per heavy atom. The summed E-state index contributed by atoms with van der Waals surface area (Å²) >= 11 is 3.13. The number of thiophene rings is 1. The Labute approximate surface area is 182 Å². The Hall–Kier alpha value is -3.16. The number of nitrogens with zero attached hydrogens (tertiary/aromatic N) is 1. The van der Waals surface area contributed by atoms with Gasteiger partial charge in [0.15, 0.2) is 17.3 Å². The van der Waals surface area contributed by atoms with Crippen molar-refractivity contribution in [3.05, 3.63) is 69.9 Å². The van der Waals surface area contributed by atoms with Crippen LogP contribution in [0.15, 0.2) is 58.7 Å². The molecule has 30 heavy (non-hydrogen) atoms. The highest BCUT2D eigenvalue weighted by atomic mass is 32.1. The number of carbonyl (C=O) groups is 1. The van der Waals surface area contributed by atoms with Crippen molar-refractivity contribution in [3.63, 3.8) is 0 Å². The summed E-state index contributed by atoms with van der Waals surface area (Å²) in [7, 11) is 4.60. The molecule has 4 aromatic rings. The Morgan fingerprint density at radius 2 is 1.67 bits per heavy atom. The Morgan fingerprint density at radius 3 is 2.23 bits per heavy atom. The second-order valence-electron chi connectivity index (χ2n) is 6.35. The first-order valence-electron chi connectivity index (χ1n) is 9.07. The van der Waals surface area contributed by atoms with Gasteiger partial charge in [0.25, 0.3) is 0 Å². The van der Waals surface area contributed by atoms with Crippen molar-refractivity contribution in [2.24, 2.45) is 0 Å². The second-order valence-corrected chi connectivity index (χ2v) is 8.03. The third-order valence-corrected chi connectivity index (χ3v) is 6.21. The third kappa shape index (κ3) is 3.69. The third-order valence-electron chi connectivity index (χ3n) is 4.70. The van der Waals surface area contributed by atoms with E-state index in [0.717, 1.165) is 21.7 Å². The lowest BCUT2D eigenvalue weighted by atomic mass is 9.93. The summed E-state index contributed by atoms with van der Waals surface area (Å²) in [5.74, 6) is 1.20. The zero-order chi connectivity index (χ0) is 21.1. The van der Waals surface area contributed by atoms with E-state index in [2.05, 4.69) is 4.98 Å². The van der Waals surface area contributed by atoms with E-state index in [1.807, 2.05) is 40.4 Å². The molecule has 0 bridgehead atoms. The van der Waals surface area contributed by atoms with Crippen molar-refractivity contribution in [1.82, 2.24) is 4.98 Å². The van der Waals surface area contributed by atoms with E-state index in [9.17, 15) is 4.79 Å². The van der Waals surface area contributed by atoms with E-state index < -0.39 is 0 Å². The van der Waals surface area contributed by atoms with Crippen LogP contribution < -0.4 is 14.2 Å². The van der Waals surface area contributed by atoms with Gasteiger partial charge in [-0.2, -0.15) is 11.3 Å². The Bertz CT molecular complexity index is 1140. The van der Waals surface area contributed by atoms with Gasteiger partial charge in [0.1, 0.15) is 5.01 Å². The van der Waals surface area contributed by atoms with E-state index >= 15 is 0 Å². The summed E-state index contributed by atoms with van der Waals surface area (Å²) in [4.78, 5) is 18.0. The topological polar surface area (TPSA) is 57.7 Å². The maximum Gasteiger partial charge on any atom is 0.203 e. The SMILES string of the molecule is COc1cc(C(=O)c2cc(-c3nccs3)ccc2-c2ccsc2)cc(OC)c1OC. The lowest BCUT2D eigenvalue weighted by molar-refractivity contribution is 0.103. The number of carbonyl (C=O) groups excluding carboxylic acids is 1. The molecule has 0 saturated heterocycles. The fraction of sp³-hybridized carbons (Fsp3) is 0.130. The predicted octanol–water partition coefficient (Wildman–Crippen LogP) is 5.80. The molecule has 0 fully saturated rings. The molecule has 2 aromatic carbocycles. The van der Waals surface area contributed by atoms with Gasteiger partial charge in [0, 0.05) is 28.3 Å². The molecular formula is C23H19NO4S2. The number of thiazole rings is 1. The molecule has 4 rings (SSSR count). The summed E-state index contributed by atoms with van der Waals surface area (Å²) in [6.45, 7) is 0. The number of hydrogen-bond donors (Lipinski definition) is 0. The van der Waals surface area contributed by atoms with Crippen molar-refractivity contribution in [1.29, 1.82) is 0 Å². The maximum absolute atomic E-state index is 13.7. The van der Waals surface area contributed by atoms with E-state index in [0.29, 0.717) is 28.4 Å². The predicted molar refractivity (Wildman–Crippen MR) is 120 cm³/mol. The highest BCUT2D eigenvalue weighted by Gasteiger charge is 2.21. The molecule has 0 N–H and O–H groups in total. The molecule has 5 nitrogen and oxygen atoms in total. The van der Waals surface area contributed by atoms with Crippen molar-refractivity contribution in [2.75, 3.05) is 21.3 Å². The monoisotopic (exact) mass is 437 g/mol. The van der Waals surface area contributed by atoms with Crippen LogP contribution in [0, 0.1) is 0 Å². The second kappa shape index (κ2) is 8.69. The van der Waals surface area contributed by atoms with Crippen LogP contribution in [0.2, 0.25) is 0 Å². The average Bonchev–Trinajstić information content (AvgIpc) is 3.51. The molecule has 2 aromatic heterocycles. The molecule has 7 heteroatoms. The van der Waals surface area contributed by atoms with Crippen LogP contribution in [0.1, 0.15) is 15.9 Å². The number of hydrogen-bond acceptors (Lipinski definition) is 7. The first kappa shape index (κ1) is 20.1. The summed E-state index contributed by atoms with van der Waals surface area (Å²) in [5, 5.41) is 6.82. The summed E-state index contributed by atoms with van der Waals surface area (Å²) in [6.07, 6.45) is 1.76. The van der Waals surface area contributed by atoms with Gasteiger partial charge in [-0.15, -0.1) is 11.3 Å². The van der Waals surface area contributed by atoms with Crippen LogP contribution in [-0.4, -0.2) is 32.1 Å². The average molecular weight is 438 g/mol. The molecular weight excluding hydrogens is 418 g/mol. The van der Waals surface area contributed by atoms with Crippen LogP contribution in [0.5, 0.6) is 17.2 Å². The summed E-state index contributed by atoms with van der Waals surface area (Å²) < 4.78 is 16.2. The van der Waals surface area contributed by atoms with E-state index in [1.165, 1.54) is 32.7 Å².